The highest BCUT2D eigenvalue weighted by Crippen LogP contribution is 2.42. The third-order valence-electron chi connectivity index (χ3n) is 6.81. The number of nitrogens with zero attached hydrogens (tertiary/aromatic N) is 3. The molecule has 1 aromatic heterocycles. The van der Waals surface area contributed by atoms with Gasteiger partial charge in [-0.25, -0.2) is 9.49 Å². The van der Waals surface area contributed by atoms with Crippen LogP contribution in [0.4, 0.5) is 4.39 Å². The van der Waals surface area contributed by atoms with Crippen molar-refractivity contribution in [2.45, 2.75) is 70.3 Å². The summed E-state index contributed by atoms with van der Waals surface area (Å²) in [6.45, 7) is 5.96. The number of methoxy groups -OCH3 is 1. The molecular weight excluding hydrogens is 401 g/mol. The molecule has 0 saturated heterocycles. The molecule has 2 saturated carbocycles. The Morgan fingerprint density at radius 3 is 2.52 bits per heavy atom. The van der Waals surface area contributed by atoms with E-state index in [1.807, 2.05) is 0 Å². The molecule has 0 unspecified atom stereocenters. The minimum Gasteiger partial charge on any atom is -0.496 e. The number of rotatable bonds is 7. The van der Waals surface area contributed by atoms with Crippen LogP contribution in [0.3, 0.4) is 0 Å². The lowest BCUT2D eigenvalue weighted by molar-refractivity contribution is 0.0919. The third-order valence-corrected chi connectivity index (χ3v) is 6.81. The van der Waals surface area contributed by atoms with Crippen LogP contribution in [0, 0.1) is 17.8 Å². The summed E-state index contributed by atoms with van der Waals surface area (Å²) in [5.41, 5.74) is -0.311. The molecule has 31 heavy (non-hydrogen) atoms. The number of carbonyl (C=O) groups excluding carboxylic acids is 1. The van der Waals surface area contributed by atoms with Crippen molar-refractivity contribution in [1.29, 1.82) is 0 Å². The van der Waals surface area contributed by atoms with E-state index >= 15 is 4.39 Å². The number of aromatic amines is 1. The smallest absolute Gasteiger partial charge is 0.258 e. The van der Waals surface area contributed by atoms with Gasteiger partial charge < -0.3 is 14.8 Å². The Morgan fingerprint density at radius 1 is 1.23 bits per heavy atom. The van der Waals surface area contributed by atoms with Crippen LogP contribution in [0.1, 0.15) is 75.0 Å². The zero-order valence-electron chi connectivity index (χ0n) is 18.2. The number of H-pyrrole nitrogens is 1. The van der Waals surface area contributed by atoms with Crippen LogP contribution in [0.2, 0.25) is 0 Å². The van der Waals surface area contributed by atoms with Gasteiger partial charge in [-0.1, -0.05) is 20.3 Å². The standard InChI is InChI=1S/C22H29FN5O3/c1-21(9-4-10-21)13-24-19(29)17-15(30-3)5-6-16(18(17)23)31-14-7-11-22(2,12-8-14)20-25-27-28-26-20/h5-6,13-14H,4,7-12H2,1-3H3,(H,24,29)(H,25,26,27,28). The Kier molecular flexibility index (Phi) is 5.85. The van der Waals surface area contributed by atoms with Crippen LogP contribution in [-0.4, -0.2) is 39.7 Å². The van der Waals surface area contributed by atoms with Crippen LogP contribution in [0.25, 0.3) is 0 Å². The third kappa shape index (κ3) is 4.36. The van der Waals surface area contributed by atoms with Crippen LogP contribution in [0.5, 0.6) is 11.5 Å². The Labute approximate surface area is 181 Å². The Hall–Kier alpha value is -2.71. The number of ether oxygens (including phenoxy) is 2. The fourth-order valence-electron chi connectivity index (χ4n) is 4.38. The van der Waals surface area contributed by atoms with Crippen molar-refractivity contribution in [1.82, 2.24) is 25.9 Å². The number of aromatic nitrogens is 4. The second kappa shape index (κ2) is 8.43. The van der Waals surface area contributed by atoms with E-state index in [1.165, 1.54) is 13.2 Å². The number of tetrazole rings is 1. The lowest BCUT2D eigenvalue weighted by Crippen LogP contribution is -2.36. The second-order valence-corrected chi connectivity index (χ2v) is 9.21. The molecule has 1 amide bonds. The first kappa shape index (κ1) is 21.5. The quantitative estimate of drug-likeness (QED) is 0.694. The maximum atomic E-state index is 15.3. The van der Waals surface area contributed by atoms with E-state index in [1.54, 1.807) is 12.6 Å². The van der Waals surface area contributed by atoms with Crippen molar-refractivity contribution in [3.8, 4) is 11.5 Å². The van der Waals surface area contributed by atoms with Crippen molar-refractivity contribution < 1.29 is 18.7 Å². The average Bonchev–Trinajstić information content (AvgIpc) is 3.29. The highest BCUT2D eigenvalue weighted by molar-refractivity contribution is 5.98. The van der Waals surface area contributed by atoms with Gasteiger partial charge in [0.05, 0.1) is 19.8 Å². The van der Waals surface area contributed by atoms with E-state index in [0.717, 1.165) is 50.8 Å². The average molecular weight is 431 g/mol. The van der Waals surface area contributed by atoms with E-state index in [2.05, 4.69) is 39.8 Å². The van der Waals surface area contributed by atoms with Crippen molar-refractivity contribution in [2.24, 2.45) is 5.41 Å². The number of carbonyl (C=O) groups is 1. The molecule has 2 aliphatic carbocycles. The molecule has 0 bridgehead atoms. The molecule has 4 rings (SSSR count). The Balaban J connectivity index is 1.44. The zero-order valence-corrected chi connectivity index (χ0v) is 18.2. The predicted octanol–water partition coefficient (Wildman–Crippen LogP) is 3.71. The topological polar surface area (TPSA) is 102 Å². The highest BCUT2D eigenvalue weighted by atomic mass is 19.1. The van der Waals surface area contributed by atoms with E-state index in [-0.39, 0.29) is 34.0 Å². The molecule has 2 N–H and O–H groups in total. The van der Waals surface area contributed by atoms with Crippen LogP contribution in [-0.2, 0) is 5.41 Å². The fraction of sp³-hybridized carbons (Fsp3) is 0.591. The molecule has 167 valence electrons. The van der Waals surface area contributed by atoms with Crippen molar-refractivity contribution in [3.63, 3.8) is 0 Å². The van der Waals surface area contributed by atoms with Crippen molar-refractivity contribution in [2.75, 3.05) is 7.11 Å². The summed E-state index contributed by atoms with van der Waals surface area (Å²) in [6.07, 6.45) is 6.11. The maximum Gasteiger partial charge on any atom is 0.258 e. The number of hydrogen-bond acceptors (Lipinski definition) is 6. The molecule has 0 atom stereocenters. The lowest BCUT2D eigenvalue weighted by atomic mass is 9.70. The second-order valence-electron chi connectivity index (χ2n) is 9.21. The molecule has 8 nitrogen and oxygen atoms in total. The molecule has 1 heterocycles. The summed E-state index contributed by atoms with van der Waals surface area (Å²) in [5, 5.41) is 17.0. The summed E-state index contributed by atoms with van der Waals surface area (Å²) < 4.78 is 26.5. The van der Waals surface area contributed by atoms with Crippen LogP contribution >= 0.6 is 0 Å². The number of benzene rings is 1. The Bertz CT molecular complexity index is 921. The number of hydrogen-bond donors (Lipinski definition) is 2. The summed E-state index contributed by atoms with van der Waals surface area (Å²) in [7, 11) is 1.42. The molecule has 9 heteroatoms. The fourth-order valence-corrected chi connectivity index (χ4v) is 4.38. The predicted molar refractivity (Wildman–Crippen MR) is 111 cm³/mol. The number of halogens is 1. The maximum absolute atomic E-state index is 15.3. The monoisotopic (exact) mass is 430 g/mol. The van der Waals surface area contributed by atoms with Crippen LogP contribution < -0.4 is 14.8 Å². The van der Waals surface area contributed by atoms with Gasteiger partial charge in [-0.3, -0.25) is 4.79 Å². The molecular formula is C22H29FN5O3. The minimum atomic E-state index is -0.697. The summed E-state index contributed by atoms with van der Waals surface area (Å²) >= 11 is 0. The minimum absolute atomic E-state index is 0.0265. The van der Waals surface area contributed by atoms with Gasteiger partial charge in [-0.15, -0.1) is 5.10 Å². The van der Waals surface area contributed by atoms with Gasteiger partial charge in [-0.2, -0.15) is 0 Å². The van der Waals surface area contributed by atoms with Gasteiger partial charge in [0.25, 0.3) is 5.91 Å². The van der Waals surface area contributed by atoms with Gasteiger partial charge in [0, 0.05) is 5.41 Å². The first-order valence-electron chi connectivity index (χ1n) is 10.8. The number of nitrogens with one attached hydrogen (secondary N) is 2. The number of amides is 1. The first-order chi connectivity index (χ1) is 14.8. The molecule has 2 fully saturated rings. The molecule has 1 aromatic carbocycles. The van der Waals surface area contributed by atoms with Gasteiger partial charge in [0.15, 0.2) is 17.4 Å². The summed E-state index contributed by atoms with van der Waals surface area (Å²) in [6, 6.07) is 3.10. The Morgan fingerprint density at radius 2 is 1.94 bits per heavy atom. The van der Waals surface area contributed by atoms with Gasteiger partial charge >= 0.3 is 0 Å². The van der Waals surface area contributed by atoms with E-state index in [9.17, 15) is 4.79 Å². The largest absolute Gasteiger partial charge is 0.496 e. The molecule has 1 radical (unpaired) electrons. The molecule has 2 aliphatic rings. The summed E-state index contributed by atoms with van der Waals surface area (Å²) in [4.78, 5) is 12.8. The molecule has 0 spiro atoms. The first-order valence-corrected chi connectivity index (χ1v) is 10.8. The zero-order chi connectivity index (χ0) is 22.1. The lowest BCUT2D eigenvalue weighted by Gasteiger charge is -2.37. The van der Waals surface area contributed by atoms with Crippen molar-refractivity contribution >= 4 is 5.91 Å². The van der Waals surface area contributed by atoms with E-state index < -0.39 is 11.7 Å². The molecule has 0 aliphatic heterocycles. The van der Waals surface area contributed by atoms with E-state index in [4.69, 9.17) is 9.47 Å². The normalized spacial score (nSPS) is 24.8. The van der Waals surface area contributed by atoms with E-state index in [0.29, 0.717) is 0 Å². The van der Waals surface area contributed by atoms with Crippen LogP contribution in [0.15, 0.2) is 12.1 Å². The van der Waals surface area contributed by atoms with Gasteiger partial charge in [-0.05, 0) is 66.5 Å². The van der Waals surface area contributed by atoms with Gasteiger partial charge in [0.2, 0.25) is 0 Å². The SMILES string of the molecule is COc1ccc(OC2CCC(C)(c3nnn[nH]3)CC2)c(F)c1C(=O)N[CH]C1(C)CCC1. The molecule has 2 aromatic rings. The van der Waals surface area contributed by atoms with Gasteiger partial charge in [0.1, 0.15) is 11.3 Å². The summed E-state index contributed by atoms with van der Waals surface area (Å²) in [5.74, 6) is -0.213. The highest BCUT2D eigenvalue weighted by Gasteiger charge is 2.37. The van der Waals surface area contributed by atoms with Crippen molar-refractivity contribution in [3.05, 3.63) is 35.9 Å².